The second kappa shape index (κ2) is 6.32. The van der Waals surface area contributed by atoms with E-state index in [9.17, 15) is 10.1 Å². The molecule has 24 heavy (non-hydrogen) atoms. The van der Waals surface area contributed by atoms with Crippen molar-refractivity contribution in [2.45, 2.75) is 26.2 Å². The van der Waals surface area contributed by atoms with Crippen LogP contribution in [0.1, 0.15) is 40.5 Å². The van der Waals surface area contributed by atoms with Gasteiger partial charge in [-0.2, -0.15) is 5.26 Å². The molecule has 0 saturated heterocycles. The van der Waals surface area contributed by atoms with E-state index < -0.39 is 0 Å². The van der Waals surface area contributed by atoms with Crippen molar-refractivity contribution in [3.05, 3.63) is 46.6 Å². The smallest absolute Gasteiger partial charge is 0.337 e. The maximum atomic E-state index is 11.6. The summed E-state index contributed by atoms with van der Waals surface area (Å²) < 4.78 is 4.73. The Bertz CT molecular complexity index is 835. The van der Waals surface area contributed by atoms with Crippen molar-refractivity contribution in [2.24, 2.45) is 5.92 Å². The van der Waals surface area contributed by atoms with Crippen molar-refractivity contribution in [1.82, 2.24) is 4.98 Å². The number of rotatable bonds is 2. The predicted octanol–water partition coefficient (Wildman–Crippen LogP) is 3.11. The van der Waals surface area contributed by atoms with Crippen LogP contribution in [0.3, 0.4) is 0 Å². The van der Waals surface area contributed by atoms with Crippen molar-refractivity contribution >= 4 is 11.8 Å². The second-order valence-corrected chi connectivity index (χ2v) is 6.20. The minimum atomic E-state index is -0.382. The highest BCUT2D eigenvalue weighted by Crippen LogP contribution is 2.37. The van der Waals surface area contributed by atoms with E-state index in [4.69, 9.17) is 10.5 Å². The Balaban J connectivity index is 2.18. The molecule has 0 spiro atoms. The lowest BCUT2D eigenvalue weighted by Gasteiger charge is -2.25. The van der Waals surface area contributed by atoms with E-state index >= 15 is 0 Å². The summed E-state index contributed by atoms with van der Waals surface area (Å²) in [6.07, 6.45) is 2.83. The first kappa shape index (κ1) is 16.0. The first-order valence-electron chi connectivity index (χ1n) is 7.95. The quantitative estimate of drug-likeness (QED) is 0.858. The molecule has 0 unspecified atom stereocenters. The summed E-state index contributed by atoms with van der Waals surface area (Å²) in [4.78, 5) is 16.1. The number of anilines is 1. The van der Waals surface area contributed by atoms with Gasteiger partial charge in [-0.15, -0.1) is 0 Å². The monoisotopic (exact) mass is 321 g/mol. The lowest BCUT2D eigenvalue weighted by atomic mass is 9.82. The van der Waals surface area contributed by atoms with Gasteiger partial charge in [0, 0.05) is 11.3 Å². The van der Waals surface area contributed by atoms with Crippen LogP contribution < -0.4 is 5.73 Å². The molecule has 2 aromatic rings. The molecule has 1 atom stereocenters. The number of carbonyl (C=O) groups excluding carboxylic acids is 1. The van der Waals surface area contributed by atoms with Crippen LogP contribution in [-0.4, -0.2) is 18.1 Å². The van der Waals surface area contributed by atoms with Crippen LogP contribution in [0.2, 0.25) is 0 Å². The van der Waals surface area contributed by atoms with Crippen LogP contribution >= 0.6 is 0 Å². The number of methoxy groups -OCH3 is 1. The zero-order valence-electron chi connectivity index (χ0n) is 13.8. The molecule has 1 heterocycles. The van der Waals surface area contributed by atoms with Crippen molar-refractivity contribution < 1.29 is 9.53 Å². The minimum absolute atomic E-state index is 0.276. The average molecular weight is 321 g/mol. The lowest BCUT2D eigenvalue weighted by molar-refractivity contribution is 0.0601. The lowest BCUT2D eigenvalue weighted by Crippen LogP contribution is -2.16. The van der Waals surface area contributed by atoms with E-state index in [0.29, 0.717) is 17.0 Å². The third-order valence-corrected chi connectivity index (χ3v) is 4.54. The van der Waals surface area contributed by atoms with E-state index in [-0.39, 0.29) is 11.8 Å². The molecule has 0 aliphatic heterocycles. The highest BCUT2D eigenvalue weighted by atomic mass is 16.5. The number of nitrogens with two attached hydrogens (primary N) is 1. The molecule has 0 radical (unpaired) electrons. The number of nitrogen functional groups attached to an aromatic ring is 1. The fourth-order valence-corrected chi connectivity index (χ4v) is 3.27. The molecule has 1 aromatic carbocycles. The third kappa shape index (κ3) is 2.71. The van der Waals surface area contributed by atoms with Gasteiger partial charge in [0.15, 0.2) is 0 Å². The Morgan fingerprint density at radius 3 is 2.71 bits per heavy atom. The van der Waals surface area contributed by atoms with Gasteiger partial charge in [-0.25, -0.2) is 9.78 Å². The van der Waals surface area contributed by atoms with Gasteiger partial charge in [-0.1, -0.05) is 19.1 Å². The number of hydrogen-bond donors (Lipinski definition) is 1. The first-order chi connectivity index (χ1) is 11.5. The number of esters is 1. The fraction of sp³-hybridized carbons (Fsp3) is 0.316. The molecule has 1 aliphatic carbocycles. The molecule has 0 amide bonds. The highest BCUT2D eigenvalue weighted by Gasteiger charge is 2.24. The van der Waals surface area contributed by atoms with Gasteiger partial charge in [0.25, 0.3) is 0 Å². The summed E-state index contributed by atoms with van der Waals surface area (Å²) in [7, 11) is 1.35. The van der Waals surface area contributed by atoms with Gasteiger partial charge >= 0.3 is 5.97 Å². The van der Waals surface area contributed by atoms with Gasteiger partial charge in [0.1, 0.15) is 17.5 Å². The van der Waals surface area contributed by atoms with Crippen LogP contribution in [0.5, 0.6) is 0 Å². The standard InChI is InChI=1S/C19H19N3O2/c1-11-3-8-16-14(9-11)17(15(10-20)18(21)22-16)12-4-6-13(7-5-12)19(23)24-2/h4-7,11H,3,8-9H2,1-2H3,(H2,21,22)/t11-/m0/s1. The van der Waals surface area contributed by atoms with Gasteiger partial charge in [0.05, 0.1) is 12.7 Å². The maximum Gasteiger partial charge on any atom is 0.337 e. The zero-order chi connectivity index (χ0) is 17.3. The first-order valence-corrected chi connectivity index (χ1v) is 7.95. The Morgan fingerprint density at radius 1 is 1.38 bits per heavy atom. The third-order valence-electron chi connectivity index (χ3n) is 4.54. The average Bonchev–Trinajstić information content (AvgIpc) is 2.60. The molecule has 0 fully saturated rings. The summed E-state index contributed by atoms with van der Waals surface area (Å²) in [5, 5.41) is 9.56. The summed E-state index contributed by atoms with van der Waals surface area (Å²) in [5.74, 6) is 0.437. The van der Waals surface area contributed by atoms with Crippen molar-refractivity contribution in [3.63, 3.8) is 0 Å². The Morgan fingerprint density at radius 2 is 2.08 bits per heavy atom. The van der Waals surface area contributed by atoms with Crippen LogP contribution in [-0.2, 0) is 17.6 Å². The van der Waals surface area contributed by atoms with Crippen molar-refractivity contribution in [2.75, 3.05) is 12.8 Å². The van der Waals surface area contributed by atoms with Gasteiger partial charge in [-0.05, 0) is 48.4 Å². The van der Waals surface area contributed by atoms with E-state index in [0.717, 1.165) is 41.6 Å². The van der Waals surface area contributed by atoms with E-state index in [1.807, 2.05) is 12.1 Å². The van der Waals surface area contributed by atoms with Crippen molar-refractivity contribution in [3.8, 4) is 17.2 Å². The van der Waals surface area contributed by atoms with E-state index in [2.05, 4.69) is 18.0 Å². The number of aromatic nitrogens is 1. The molecule has 5 heteroatoms. The number of carbonyl (C=O) groups is 1. The highest BCUT2D eigenvalue weighted by molar-refractivity contribution is 5.90. The van der Waals surface area contributed by atoms with Crippen LogP contribution in [0.25, 0.3) is 11.1 Å². The number of fused-ring (bicyclic) bond motifs is 1. The summed E-state index contributed by atoms with van der Waals surface area (Å²) in [6.45, 7) is 2.20. The summed E-state index contributed by atoms with van der Waals surface area (Å²) in [6, 6.07) is 9.28. The number of pyridine rings is 1. The Labute approximate surface area is 141 Å². The van der Waals surface area contributed by atoms with Gasteiger partial charge < -0.3 is 10.5 Å². The molecule has 5 nitrogen and oxygen atoms in total. The van der Waals surface area contributed by atoms with E-state index in [1.54, 1.807) is 12.1 Å². The van der Waals surface area contributed by atoms with Crippen molar-refractivity contribution in [1.29, 1.82) is 5.26 Å². The Hall–Kier alpha value is -2.87. The molecule has 0 bridgehead atoms. The molecular formula is C19H19N3O2. The fourth-order valence-electron chi connectivity index (χ4n) is 3.27. The van der Waals surface area contributed by atoms with Crippen LogP contribution in [0.4, 0.5) is 5.82 Å². The van der Waals surface area contributed by atoms with Crippen LogP contribution in [0, 0.1) is 17.2 Å². The predicted molar refractivity (Wildman–Crippen MR) is 91.3 cm³/mol. The number of ether oxygens (including phenoxy) is 1. The SMILES string of the molecule is COC(=O)c1ccc(-c2c(C#N)c(N)nc3c2C[C@@H](C)CC3)cc1. The molecule has 1 aromatic heterocycles. The topological polar surface area (TPSA) is 89.0 Å². The largest absolute Gasteiger partial charge is 0.465 e. The summed E-state index contributed by atoms with van der Waals surface area (Å²) in [5.41, 5.74) is 10.7. The number of hydrogen-bond acceptors (Lipinski definition) is 5. The number of nitriles is 1. The molecule has 2 N–H and O–H groups in total. The Kier molecular flexibility index (Phi) is 4.22. The number of benzene rings is 1. The molecule has 122 valence electrons. The number of aryl methyl sites for hydroxylation is 1. The molecule has 0 saturated carbocycles. The van der Waals surface area contributed by atoms with Gasteiger partial charge in [-0.3, -0.25) is 0 Å². The maximum absolute atomic E-state index is 11.6. The summed E-state index contributed by atoms with van der Waals surface area (Å²) >= 11 is 0. The second-order valence-electron chi connectivity index (χ2n) is 6.20. The molecular weight excluding hydrogens is 302 g/mol. The van der Waals surface area contributed by atoms with Crippen LogP contribution in [0.15, 0.2) is 24.3 Å². The molecule has 3 rings (SSSR count). The normalized spacial score (nSPS) is 16.1. The zero-order valence-corrected chi connectivity index (χ0v) is 13.8. The van der Waals surface area contributed by atoms with Gasteiger partial charge in [0.2, 0.25) is 0 Å². The van der Waals surface area contributed by atoms with E-state index in [1.165, 1.54) is 7.11 Å². The number of nitrogens with zero attached hydrogens (tertiary/aromatic N) is 2. The molecule has 1 aliphatic rings. The minimum Gasteiger partial charge on any atom is -0.465 e.